The molecule has 0 radical (unpaired) electrons. The Kier molecular flexibility index (Phi) is 29.1. The van der Waals surface area contributed by atoms with Crippen LogP contribution in [0.15, 0.2) is 48.6 Å². The van der Waals surface area contributed by atoms with E-state index in [1.165, 1.54) is 52.0 Å². The predicted octanol–water partition coefficient (Wildman–Crippen LogP) is 5.49. The number of nitrogens with zero attached hydrogens (tertiary/aromatic N) is 9. The van der Waals surface area contributed by atoms with Crippen molar-refractivity contribution in [3.05, 3.63) is 82.4 Å². The number of halogens is 8. The lowest BCUT2D eigenvalue weighted by Crippen LogP contribution is -2.68. The van der Waals surface area contributed by atoms with E-state index in [1.807, 2.05) is 0 Å². The zero-order chi connectivity index (χ0) is 79.5. The highest BCUT2D eigenvalue weighted by Gasteiger charge is 2.54. The standard InChI is InChI=1S/C74H102F8N12O13/c1-13-43(5)61-69(104)87(8)42-59(97)89(10)53-25-18-17-21-34-93(68(53)103)56(37-45-26-29-48(30-27-45)73(77,78)79)66(101)86(7)41-57(95)83-52(31-28-46-35-50(75)60(51(76)36-46)74(80,81)82)65(100)94-40-49(107-16-4)38-54(94)64(99)85-72(32-22-33-72)71(106)91(12)62(47-23-19-20-24-47)70(105)90(11)55(67(102)92(14-2)15-3)39-58(96)88(9)44(6)63(98)84-61/h17-18,26-27,29-30,35-36,43-44,47,49,52-56,61-62H,13-16,19-25,28,31-34,37-42H2,1-12H3,(H,83,95)(H,84,98)(H,85,99)/b18-17-/t43-,44-,49+,52-,53+,54-,55-,56-,61-,62-/m0/s1. The fraction of sp³-hybridized carbons (Fsp3) is 0.649. The number of nitrogens with one attached hydrogen (secondary N) is 3. The minimum absolute atomic E-state index is 0.0359. The molecule has 107 heavy (non-hydrogen) atoms. The van der Waals surface area contributed by atoms with Crippen molar-refractivity contribution in [3.63, 3.8) is 0 Å². The number of benzene rings is 2. The van der Waals surface area contributed by atoms with Gasteiger partial charge in [0.2, 0.25) is 70.9 Å². The number of likely N-dealkylation sites (N-methyl/N-ethyl adjacent to an activating group) is 7. The van der Waals surface area contributed by atoms with Crippen molar-refractivity contribution in [2.75, 3.05) is 88.2 Å². The maximum atomic E-state index is 15.5. The second-order valence-corrected chi connectivity index (χ2v) is 28.8. The number of carbonyl (C=O) groups excluding carboxylic acids is 12. The first-order valence-electron chi connectivity index (χ1n) is 36.6. The molecule has 5 aliphatic rings. The zero-order valence-corrected chi connectivity index (χ0v) is 62.9. The smallest absolute Gasteiger partial charge is 0.377 e. The van der Waals surface area contributed by atoms with E-state index in [9.17, 15) is 55.1 Å². The Morgan fingerprint density at radius 2 is 1.29 bits per heavy atom. The van der Waals surface area contributed by atoms with Crippen LogP contribution in [0.1, 0.15) is 147 Å². The highest BCUT2D eigenvalue weighted by Crippen LogP contribution is 2.40. The fourth-order valence-electron chi connectivity index (χ4n) is 14.8. The van der Waals surface area contributed by atoms with Crippen molar-refractivity contribution in [1.82, 2.24) is 60.0 Å². The Bertz CT molecular complexity index is 3600. The Morgan fingerprint density at radius 3 is 1.85 bits per heavy atom. The third-order valence-corrected chi connectivity index (χ3v) is 21.8. The van der Waals surface area contributed by atoms with E-state index in [2.05, 4.69) is 16.0 Å². The molecule has 592 valence electrons. The number of alkyl halides is 6. The van der Waals surface area contributed by atoms with Gasteiger partial charge in [-0.1, -0.05) is 57.4 Å². The van der Waals surface area contributed by atoms with Gasteiger partial charge in [-0.25, -0.2) is 8.78 Å². The summed E-state index contributed by atoms with van der Waals surface area (Å²) in [6, 6.07) is -7.34. The van der Waals surface area contributed by atoms with Gasteiger partial charge < -0.3 is 64.8 Å². The van der Waals surface area contributed by atoms with E-state index in [0.717, 1.165) is 65.6 Å². The summed E-state index contributed by atoms with van der Waals surface area (Å²) in [5, 5.41) is 8.18. The molecular weight excluding hydrogens is 1420 g/mol. The molecule has 2 bridgehead atoms. The lowest BCUT2D eigenvalue weighted by molar-refractivity contribution is -0.158. The number of hydrogen-bond donors (Lipinski definition) is 3. The maximum Gasteiger partial charge on any atom is 0.422 e. The second-order valence-electron chi connectivity index (χ2n) is 28.8. The number of hydrogen-bond acceptors (Lipinski definition) is 13. The highest BCUT2D eigenvalue weighted by molar-refractivity contribution is 6.01. The monoisotopic (exact) mass is 1520 g/mol. The van der Waals surface area contributed by atoms with E-state index in [4.69, 9.17) is 4.74 Å². The predicted molar refractivity (Wildman–Crippen MR) is 374 cm³/mol. The molecule has 3 N–H and O–H groups in total. The van der Waals surface area contributed by atoms with E-state index in [1.54, 1.807) is 46.8 Å². The molecule has 3 heterocycles. The fourth-order valence-corrected chi connectivity index (χ4v) is 14.8. The molecule has 0 aromatic heterocycles. The topological polar surface area (TPSA) is 279 Å². The van der Waals surface area contributed by atoms with Gasteiger partial charge in [-0.15, -0.1) is 0 Å². The summed E-state index contributed by atoms with van der Waals surface area (Å²) in [5.41, 5.74) is -5.25. The molecule has 12 amide bonds. The number of carbonyl (C=O) groups is 12. The van der Waals surface area contributed by atoms with Crippen molar-refractivity contribution in [3.8, 4) is 0 Å². The highest BCUT2D eigenvalue weighted by atomic mass is 19.4. The summed E-state index contributed by atoms with van der Waals surface area (Å²) in [4.78, 5) is 190. The van der Waals surface area contributed by atoms with Gasteiger partial charge in [0, 0.05) is 87.9 Å². The van der Waals surface area contributed by atoms with Gasteiger partial charge in [0.15, 0.2) is 0 Å². The van der Waals surface area contributed by atoms with Crippen LogP contribution in [-0.4, -0.2) is 263 Å². The maximum absolute atomic E-state index is 15.5. The molecule has 4 fully saturated rings. The summed E-state index contributed by atoms with van der Waals surface area (Å²) in [5.74, 6) is -15.1. The Labute approximate surface area is 618 Å². The first-order chi connectivity index (χ1) is 50.2. The largest absolute Gasteiger partial charge is 0.422 e. The van der Waals surface area contributed by atoms with Gasteiger partial charge in [-0.2, -0.15) is 26.3 Å². The third kappa shape index (κ3) is 20.1. The number of rotatable bonds is 13. The summed E-state index contributed by atoms with van der Waals surface area (Å²) in [7, 11) is 7.76. The van der Waals surface area contributed by atoms with Crippen LogP contribution in [0.5, 0.6) is 0 Å². The van der Waals surface area contributed by atoms with E-state index in [0.29, 0.717) is 50.7 Å². The van der Waals surface area contributed by atoms with E-state index >= 15 is 37.5 Å². The van der Waals surface area contributed by atoms with Crippen molar-refractivity contribution in [2.24, 2.45) is 11.8 Å². The van der Waals surface area contributed by atoms with Gasteiger partial charge in [-0.05, 0) is 133 Å². The summed E-state index contributed by atoms with van der Waals surface area (Å²) >= 11 is 0. The quantitative estimate of drug-likeness (QED) is 0.165. The molecule has 2 saturated heterocycles. The van der Waals surface area contributed by atoms with Crippen molar-refractivity contribution in [2.45, 2.75) is 210 Å². The van der Waals surface area contributed by atoms with E-state index < -0.39 is 222 Å². The number of aryl methyl sites for hydroxylation is 1. The lowest BCUT2D eigenvalue weighted by Gasteiger charge is -2.46. The van der Waals surface area contributed by atoms with Gasteiger partial charge in [-0.3, -0.25) is 57.5 Å². The first kappa shape index (κ1) is 85.5. The zero-order valence-electron chi connectivity index (χ0n) is 62.9. The number of amides is 12. The first-order valence-corrected chi connectivity index (χ1v) is 36.6. The minimum Gasteiger partial charge on any atom is -0.377 e. The Morgan fingerprint density at radius 1 is 0.673 bits per heavy atom. The molecule has 2 aromatic rings. The normalized spacial score (nSPS) is 26.2. The molecule has 7 rings (SSSR count). The van der Waals surface area contributed by atoms with Crippen LogP contribution in [-0.2, 0) is 87.5 Å². The van der Waals surface area contributed by atoms with Gasteiger partial charge >= 0.3 is 12.4 Å². The van der Waals surface area contributed by atoms with Gasteiger partial charge in [0.1, 0.15) is 71.1 Å². The van der Waals surface area contributed by atoms with Crippen LogP contribution in [0.2, 0.25) is 0 Å². The number of fused-ring (bicyclic) bond motifs is 3. The summed E-state index contributed by atoms with van der Waals surface area (Å²) in [6.45, 7) is 8.02. The van der Waals surface area contributed by atoms with Crippen LogP contribution >= 0.6 is 0 Å². The molecule has 1 spiro atoms. The van der Waals surface area contributed by atoms with Crippen molar-refractivity contribution >= 4 is 70.9 Å². The molecule has 2 aromatic carbocycles. The molecule has 10 atom stereocenters. The SMILES string of the molecule is CCO[C@@H]1C[C@H]2C(=O)NC3(CCC3)C(=O)N(C)[C@@H](C3CCCC3)C(=O)N(C)[C@H](C(=O)N(CC)CC)CC(=O)N(C)[C@@H](C)C(=O)N[C@@H]([C@@H](C)CC)C(=O)N(C)CC(=O)N(C)[C@@H]3C/C=C\CCN(C3=O)[C@@H](Cc3ccc(C(F)(F)F)cc3)C(=O)N(C)CC(=O)N[C@@H](CCc3cc(F)c(C(F)(F)F)c(F)c3)C(=O)N2C1. The third-order valence-electron chi connectivity index (χ3n) is 21.8. The van der Waals surface area contributed by atoms with E-state index in [-0.39, 0.29) is 70.5 Å². The van der Waals surface area contributed by atoms with Crippen LogP contribution in [0.25, 0.3) is 0 Å². The van der Waals surface area contributed by atoms with Crippen molar-refractivity contribution in [1.29, 1.82) is 0 Å². The van der Waals surface area contributed by atoms with Crippen LogP contribution in [0, 0.1) is 23.5 Å². The van der Waals surface area contributed by atoms with Crippen molar-refractivity contribution < 1.29 is 97.4 Å². The van der Waals surface area contributed by atoms with Crippen LogP contribution < -0.4 is 16.0 Å². The van der Waals surface area contributed by atoms with Crippen LogP contribution in [0.4, 0.5) is 35.1 Å². The molecule has 2 aliphatic carbocycles. The minimum atomic E-state index is -5.46. The molecular formula is C74H102F8N12O13. The second kappa shape index (κ2) is 36.4. The average Bonchev–Trinajstić information content (AvgIpc) is 1.75. The Hall–Kier alpha value is -8.78. The molecule has 0 unspecified atom stereocenters. The Balaban J connectivity index is 1.34. The van der Waals surface area contributed by atoms with Gasteiger partial charge in [0.05, 0.1) is 31.2 Å². The molecule has 2 saturated carbocycles. The lowest BCUT2D eigenvalue weighted by atomic mass is 9.74. The van der Waals surface area contributed by atoms with Crippen LogP contribution in [0.3, 0.4) is 0 Å². The molecule has 25 nitrogen and oxygen atoms in total. The molecule has 33 heteroatoms. The summed E-state index contributed by atoms with van der Waals surface area (Å²) in [6.07, 6.45) is -7.47. The van der Waals surface area contributed by atoms with Gasteiger partial charge in [0.25, 0.3) is 0 Å². The number of ether oxygens (including phenoxy) is 1. The summed E-state index contributed by atoms with van der Waals surface area (Å²) < 4.78 is 120. The molecule has 3 aliphatic heterocycles. The average molecular weight is 1520 g/mol.